The highest BCUT2D eigenvalue weighted by Crippen LogP contribution is 2.28. The Morgan fingerprint density at radius 3 is 2.47 bits per heavy atom. The predicted octanol–water partition coefficient (Wildman–Crippen LogP) is 4.42. The van der Waals surface area contributed by atoms with E-state index in [4.69, 9.17) is 0 Å². The molecule has 2 aliphatic rings. The average Bonchev–Trinajstić information content (AvgIpc) is 2.86. The second-order valence-corrected chi connectivity index (χ2v) is 9.46. The first-order chi connectivity index (χ1) is 15.8. The first-order valence-corrected chi connectivity index (χ1v) is 12.4. The Kier molecular flexibility index (Phi) is 8.69. The molecule has 1 N–H and O–H groups in total. The van der Waals surface area contributed by atoms with Gasteiger partial charge < -0.3 is 10.2 Å². The van der Waals surface area contributed by atoms with Crippen molar-refractivity contribution in [3.05, 3.63) is 66.0 Å². The molecule has 1 amide bonds. The number of nitrogens with zero attached hydrogens (tertiary/aromatic N) is 3. The number of hydrogen-bond acceptors (Lipinski definition) is 4. The van der Waals surface area contributed by atoms with E-state index in [-0.39, 0.29) is 11.9 Å². The van der Waals surface area contributed by atoms with Gasteiger partial charge in [0, 0.05) is 57.6 Å². The predicted molar refractivity (Wildman–Crippen MR) is 129 cm³/mol. The molecule has 1 saturated heterocycles. The highest BCUT2D eigenvalue weighted by molar-refractivity contribution is 5.76. The van der Waals surface area contributed by atoms with Crippen molar-refractivity contribution in [2.75, 3.05) is 32.7 Å². The maximum absolute atomic E-state index is 12.9. The Morgan fingerprint density at radius 1 is 0.906 bits per heavy atom. The summed E-state index contributed by atoms with van der Waals surface area (Å²) in [5.74, 6) is 0.979. The molecule has 1 aromatic carbocycles. The van der Waals surface area contributed by atoms with E-state index in [9.17, 15) is 4.79 Å². The van der Waals surface area contributed by atoms with Crippen molar-refractivity contribution in [1.29, 1.82) is 0 Å². The van der Waals surface area contributed by atoms with Gasteiger partial charge in [-0.05, 0) is 55.0 Å². The fourth-order valence-electron chi connectivity index (χ4n) is 5.33. The molecule has 172 valence electrons. The number of carbonyl (C=O) groups excluding carboxylic acids is 1. The minimum atomic E-state index is 0.0780. The van der Waals surface area contributed by atoms with E-state index in [0.29, 0.717) is 6.42 Å². The summed E-state index contributed by atoms with van der Waals surface area (Å²) in [5.41, 5.74) is 2.46. The van der Waals surface area contributed by atoms with Crippen LogP contribution in [0.1, 0.15) is 62.1 Å². The van der Waals surface area contributed by atoms with Gasteiger partial charge in [-0.2, -0.15) is 0 Å². The Hall–Kier alpha value is -2.24. The van der Waals surface area contributed by atoms with Gasteiger partial charge in [0.25, 0.3) is 0 Å². The first kappa shape index (κ1) is 22.9. The molecular weight excluding hydrogens is 396 g/mol. The van der Waals surface area contributed by atoms with Crippen molar-refractivity contribution < 1.29 is 4.79 Å². The molecule has 5 heteroatoms. The number of benzene rings is 1. The zero-order chi connectivity index (χ0) is 22.0. The van der Waals surface area contributed by atoms with Crippen LogP contribution in [0, 0.1) is 5.92 Å². The van der Waals surface area contributed by atoms with Crippen LogP contribution in [0.3, 0.4) is 0 Å². The van der Waals surface area contributed by atoms with Crippen molar-refractivity contribution in [1.82, 2.24) is 20.1 Å². The van der Waals surface area contributed by atoms with Gasteiger partial charge in [0.15, 0.2) is 0 Å². The van der Waals surface area contributed by atoms with Crippen LogP contribution in [-0.4, -0.2) is 53.4 Å². The molecule has 0 spiro atoms. The van der Waals surface area contributed by atoms with E-state index in [0.717, 1.165) is 45.1 Å². The molecule has 1 unspecified atom stereocenters. The average molecular weight is 435 g/mol. The van der Waals surface area contributed by atoms with Crippen LogP contribution < -0.4 is 5.32 Å². The van der Waals surface area contributed by atoms with E-state index >= 15 is 0 Å². The Bertz CT molecular complexity index is 807. The summed E-state index contributed by atoms with van der Waals surface area (Å²) in [7, 11) is 0. The van der Waals surface area contributed by atoms with Gasteiger partial charge in [0.1, 0.15) is 0 Å². The second kappa shape index (κ2) is 12.1. The molecule has 2 heterocycles. The molecule has 4 rings (SSSR count). The van der Waals surface area contributed by atoms with Crippen LogP contribution >= 0.6 is 0 Å². The van der Waals surface area contributed by atoms with Crippen molar-refractivity contribution >= 4 is 5.91 Å². The summed E-state index contributed by atoms with van der Waals surface area (Å²) in [6.45, 7) is 5.80. The molecule has 32 heavy (non-hydrogen) atoms. The van der Waals surface area contributed by atoms with Gasteiger partial charge in [-0.15, -0.1) is 0 Å². The molecule has 0 bridgehead atoms. The minimum Gasteiger partial charge on any atom is -0.355 e. The fraction of sp³-hybridized carbons (Fsp3) is 0.556. The topological polar surface area (TPSA) is 48.5 Å². The number of rotatable bonds is 5. The lowest BCUT2D eigenvalue weighted by atomic mass is 9.89. The lowest BCUT2D eigenvalue weighted by molar-refractivity contribution is -0.122. The van der Waals surface area contributed by atoms with Gasteiger partial charge >= 0.3 is 0 Å². The summed E-state index contributed by atoms with van der Waals surface area (Å²) < 4.78 is 0. The quantitative estimate of drug-likeness (QED) is 0.757. The standard InChI is InChI=1S/C27H38N4O/c32-27-20-26(25-10-5-2-6-11-25)31(22-24-12-14-28-15-13-24)18-7-17-30(19-16-29-27)21-23-8-3-1-4-9-23/h2,5-6,10-15,23,26H,1,3-4,7-9,16-22H2,(H,29,32). The molecule has 1 atom stereocenters. The first-order valence-electron chi connectivity index (χ1n) is 12.4. The highest BCUT2D eigenvalue weighted by Gasteiger charge is 2.25. The highest BCUT2D eigenvalue weighted by atomic mass is 16.1. The third-order valence-electron chi connectivity index (χ3n) is 7.05. The normalized spacial score (nSPS) is 22.8. The summed E-state index contributed by atoms with van der Waals surface area (Å²) in [5, 5.41) is 3.21. The van der Waals surface area contributed by atoms with Crippen LogP contribution in [-0.2, 0) is 11.3 Å². The molecule has 2 fully saturated rings. The summed E-state index contributed by atoms with van der Waals surface area (Å²) in [6, 6.07) is 14.8. The van der Waals surface area contributed by atoms with Crippen LogP contribution in [0.2, 0.25) is 0 Å². The van der Waals surface area contributed by atoms with Crippen molar-refractivity contribution in [3.8, 4) is 0 Å². The van der Waals surface area contributed by atoms with Crippen LogP contribution in [0.5, 0.6) is 0 Å². The molecule has 1 aliphatic heterocycles. The van der Waals surface area contributed by atoms with Crippen LogP contribution in [0.25, 0.3) is 0 Å². The monoisotopic (exact) mass is 434 g/mol. The third kappa shape index (κ3) is 6.88. The Balaban J connectivity index is 1.50. The number of aromatic nitrogens is 1. The molecule has 0 radical (unpaired) electrons. The van der Waals surface area contributed by atoms with Gasteiger partial charge in [0.05, 0.1) is 0 Å². The maximum Gasteiger partial charge on any atom is 0.221 e. The Morgan fingerprint density at radius 2 is 1.69 bits per heavy atom. The SMILES string of the molecule is O=C1CC(c2ccccc2)N(Cc2ccncc2)CCCN(CC2CCCCC2)CCN1. The summed E-state index contributed by atoms with van der Waals surface area (Å²) in [4.78, 5) is 22.2. The van der Waals surface area contributed by atoms with E-state index in [1.807, 2.05) is 18.5 Å². The largest absolute Gasteiger partial charge is 0.355 e. The van der Waals surface area contributed by atoms with Crippen LogP contribution in [0.4, 0.5) is 0 Å². The molecule has 1 aromatic heterocycles. The molecular formula is C27H38N4O. The number of amides is 1. The van der Waals surface area contributed by atoms with E-state index in [2.05, 4.69) is 56.5 Å². The number of hydrogen-bond donors (Lipinski definition) is 1. The van der Waals surface area contributed by atoms with Crippen molar-refractivity contribution in [2.24, 2.45) is 5.92 Å². The fourth-order valence-corrected chi connectivity index (χ4v) is 5.33. The summed E-state index contributed by atoms with van der Waals surface area (Å²) >= 11 is 0. The van der Waals surface area contributed by atoms with E-state index < -0.39 is 0 Å². The van der Waals surface area contributed by atoms with E-state index in [1.54, 1.807) is 0 Å². The smallest absolute Gasteiger partial charge is 0.221 e. The lowest BCUT2D eigenvalue weighted by Gasteiger charge is -2.33. The van der Waals surface area contributed by atoms with E-state index in [1.165, 1.54) is 49.8 Å². The van der Waals surface area contributed by atoms with Crippen LogP contribution in [0.15, 0.2) is 54.9 Å². The van der Waals surface area contributed by atoms with Gasteiger partial charge in [-0.1, -0.05) is 49.6 Å². The number of pyridine rings is 1. The maximum atomic E-state index is 12.9. The Labute approximate surface area is 193 Å². The second-order valence-electron chi connectivity index (χ2n) is 9.46. The zero-order valence-electron chi connectivity index (χ0n) is 19.3. The van der Waals surface area contributed by atoms with Crippen molar-refractivity contribution in [2.45, 2.75) is 57.5 Å². The molecule has 5 nitrogen and oxygen atoms in total. The summed E-state index contributed by atoms with van der Waals surface area (Å²) in [6.07, 6.45) is 12.2. The number of carbonyl (C=O) groups is 1. The third-order valence-corrected chi connectivity index (χ3v) is 7.05. The number of nitrogens with one attached hydrogen (secondary N) is 1. The molecule has 2 aromatic rings. The van der Waals surface area contributed by atoms with Gasteiger partial charge in [-0.25, -0.2) is 0 Å². The van der Waals surface area contributed by atoms with Gasteiger partial charge in [-0.3, -0.25) is 14.7 Å². The molecule has 1 aliphatic carbocycles. The zero-order valence-corrected chi connectivity index (χ0v) is 19.3. The lowest BCUT2D eigenvalue weighted by Crippen LogP contribution is -2.38. The minimum absolute atomic E-state index is 0.0780. The van der Waals surface area contributed by atoms with Crippen molar-refractivity contribution in [3.63, 3.8) is 0 Å². The van der Waals surface area contributed by atoms with Gasteiger partial charge in [0.2, 0.25) is 5.91 Å². The molecule has 1 saturated carbocycles.